The van der Waals surface area contributed by atoms with Gasteiger partial charge in [-0.3, -0.25) is 9.59 Å². The quantitative estimate of drug-likeness (QED) is 0.564. The molecule has 7 heteroatoms. The maximum atomic E-state index is 11.6. The van der Waals surface area contributed by atoms with Gasteiger partial charge in [0.1, 0.15) is 17.2 Å². The number of rotatable bonds is 3. The van der Waals surface area contributed by atoms with E-state index in [1.165, 1.54) is 0 Å². The third-order valence-corrected chi connectivity index (χ3v) is 1.78. The second kappa shape index (κ2) is 6.69. The van der Waals surface area contributed by atoms with Crippen LogP contribution in [0.25, 0.3) is 0 Å². The Morgan fingerprint density at radius 3 is 1.85 bits per heavy atom. The van der Waals surface area contributed by atoms with Crippen LogP contribution >= 0.6 is 0 Å². The van der Waals surface area contributed by atoms with E-state index in [-0.39, 0.29) is 6.54 Å². The standard InChI is InChI=1S/C13H24N2O5/c1-12(2,3)19-10(17)8(14)7-15-9(16)11(18)20-13(4,5)6/h8H,7,14H2,1-6H3,(H,15,16). The van der Waals surface area contributed by atoms with Crippen LogP contribution in [0.1, 0.15) is 41.5 Å². The Kier molecular flexibility index (Phi) is 6.15. The van der Waals surface area contributed by atoms with Crippen LogP contribution in [-0.4, -0.2) is 41.6 Å². The highest BCUT2D eigenvalue weighted by molar-refractivity contribution is 6.32. The normalized spacial score (nSPS) is 13.3. The van der Waals surface area contributed by atoms with Crippen molar-refractivity contribution in [3.8, 4) is 0 Å². The van der Waals surface area contributed by atoms with Crippen molar-refractivity contribution in [2.45, 2.75) is 58.8 Å². The first-order valence-electron chi connectivity index (χ1n) is 6.31. The number of nitrogens with one attached hydrogen (secondary N) is 1. The average molecular weight is 288 g/mol. The highest BCUT2D eigenvalue weighted by Gasteiger charge is 2.26. The fourth-order valence-electron chi connectivity index (χ4n) is 1.06. The van der Waals surface area contributed by atoms with E-state index in [2.05, 4.69) is 5.32 Å². The number of carbonyl (C=O) groups excluding carboxylic acids is 3. The van der Waals surface area contributed by atoms with Gasteiger partial charge in [-0.05, 0) is 41.5 Å². The minimum absolute atomic E-state index is 0.201. The van der Waals surface area contributed by atoms with Gasteiger partial charge in [-0.25, -0.2) is 4.79 Å². The van der Waals surface area contributed by atoms with Crippen LogP contribution in [-0.2, 0) is 23.9 Å². The van der Waals surface area contributed by atoms with Crippen molar-refractivity contribution in [2.24, 2.45) is 5.73 Å². The molecule has 7 nitrogen and oxygen atoms in total. The summed E-state index contributed by atoms with van der Waals surface area (Å²) in [6, 6.07) is -1.04. The Hall–Kier alpha value is -1.63. The van der Waals surface area contributed by atoms with E-state index in [0.29, 0.717) is 0 Å². The highest BCUT2D eigenvalue weighted by atomic mass is 16.6. The molecule has 0 aromatic heterocycles. The SMILES string of the molecule is CC(C)(C)OC(=O)C(=O)NCC(N)C(=O)OC(C)(C)C. The van der Waals surface area contributed by atoms with E-state index in [0.717, 1.165) is 0 Å². The van der Waals surface area contributed by atoms with Crippen molar-refractivity contribution >= 4 is 17.8 Å². The number of hydrogen-bond acceptors (Lipinski definition) is 6. The summed E-state index contributed by atoms with van der Waals surface area (Å²) in [5.41, 5.74) is 4.13. The van der Waals surface area contributed by atoms with Gasteiger partial charge in [-0.15, -0.1) is 0 Å². The zero-order valence-electron chi connectivity index (χ0n) is 12.9. The lowest BCUT2D eigenvalue weighted by atomic mass is 10.2. The van der Waals surface area contributed by atoms with Crippen molar-refractivity contribution in [2.75, 3.05) is 6.54 Å². The monoisotopic (exact) mass is 288 g/mol. The number of nitrogens with two attached hydrogens (primary N) is 1. The largest absolute Gasteiger partial charge is 0.459 e. The van der Waals surface area contributed by atoms with Crippen LogP contribution in [0.5, 0.6) is 0 Å². The second-order valence-corrected chi connectivity index (χ2v) is 6.35. The first kappa shape index (κ1) is 18.4. The van der Waals surface area contributed by atoms with E-state index < -0.39 is 35.1 Å². The summed E-state index contributed by atoms with van der Waals surface area (Å²) >= 11 is 0. The van der Waals surface area contributed by atoms with Gasteiger partial charge in [0.05, 0.1) is 0 Å². The van der Waals surface area contributed by atoms with E-state index >= 15 is 0 Å². The molecule has 0 aliphatic rings. The average Bonchev–Trinajstić information content (AvgIpc) is 2.20. The molecule has 0 saturated heterocycles. The Morgan fingerprint density at radius 1 is 1.00 bits per heavy atom. The smallest absolute Gasteiger partial charge is 0.397 e. The van der Waals surface area contributed by atoms with Crippen LogP contribution in [0.3, 0.4) is 0 Å². The fraction of sp³-hybridized carbons (Fsp3) is 0.769. The van der Waals surface area contributed by atoms with Crippen molar-refractivity contribution in [3.63, 3.8) is 0 Å². The molecule has 1 atom stereocenters. The van der Waals surface area contributed by atoms with Crippen LogP contribution in [0.2, 0.25) is 0 Å². The molecule has 0 aromatic rings. The Bertz CT molecular complexity index is 379. The molecule has 0 rings (SSSR count). The molecule has 0 saturated carbocycles. The number of hydrogen-bond donors (Lipinski definition) is 2. The van der Waals surface area contributed by atoms with E-state index in [1.807, 2.05) is 0 Å². The van der Waals surface area contributed by atoms with Crippen LogP contribution in [0.15, 0.2) is 0 Å². The van der Waals surface area contributed by atoms with Gasteiger partial charge in [0.2, 0.25) is 0 Å². The topological polar surface area (TPSA) is 108 Å². The molecular weight excluding hydrogens is 264 g/mol. The lowest BCUT2D eigenvalue weighted by Gasteiger charge is -2.22. The first-order valence-corrected chi connectivity index (χ1v) is 6.31. The second-order valence-electron chi connectivity index (χ2n) is 6.35. The van der Waals surface area contributed by atoms with Crippen molar-refractivity contribution < 1.29 is 23.9 Å². The molecule has 0 bridgehead atoms. The van der Waals surface area contributed by atoms with E-state index in [1.54, 1.807) is 41.5 Å². The third kappa shape index (κ3) is 8.47. The number of esters is 2. The Labute approximate surface area is 119 Å². The van der Waals surface area contributed by atoms with Gasteiger partial charge in [0.15, 0.2) is 0 Å². The molecular formula is C13H24N2O5. The molecule has 116 valence electrons. The molecule has 0 spiro atoms. The maximum Gasteiger partial charge on any atom is 0.397 e. The number of carbonyl (C=O) groups is 3. The van der Waals surface area contributed by atoms with Gasteiger partial charge >= 0.3 is 17.8 Å². The summed E-state index contributed by atoms with van der Waals surface area (Å²) in [4.78, 5) is 34.4. The minimum atomic E-state index is -1.04. The van der Waals surface area contributed by atoms with Gasteiger partial charge in [-0.1, -0.05) is 0 Å². The van der Waals surface area contributed by atoms with E-state index in [9.17, 15) is 14.4 Å². The molecule has 20 heavy (non-hydrogen) atoms. The molecule has 0 heterocycles. The molecule has 3 N–H and O–H groups in total. The lowest BCUT2D eigenvalue weighted by molar-refractivity contribution is -0.164. The van der Waals surface area contributed by atoms with Crippen molar-refractivity contribution in [3.05, 3.63) is 0 Å². The zero-order chi connectivity index (χ0) is 16.1. The van der Waals surface area contributed by atoms with Crippen LogP contribution < -0.4 is 11.1 Å². The highest BCUT2D eigenvalue weighted by Crippen LogP contribution is 2.08. The molecule has 0 aliphatic heterocycles. The zero-order valence-corrected chi connectivity index (χ0v) is 12.9. The summed E-state index contributed by atoms with van der Waals surface area (Å²) in [6.45, 7) is 9.84. The Balaban J connectivity index is 4.25. The van der Waals surface area contributed by atoms with Gasteiger partial charge < -0.3 is 20.5 Å². The molecule has 0 aliphatic carbocycles. The molecule has 0 fully saturated rings. The number of ether oxygens (including phenoxy) is 2. The molecule has 0 radical (unpaired) electrons. The summed E-state index contributed by atoms with van der Waals surface area (Å²) in [5, 5.41) is 2.23. The Morgan fingerprint density at radius 2 is 1.45 bits per heavy atom. The number of amides is 1. The summed E-state index contributed by atoms with van der Waals surface area (Å²) in [7, 11) is 0. The van der Waals surface area contributed by atoms with Crippen molar-refractivity contribution in [1.82, 2.24) is 5.32 Å². The van der Waals surface area contributed by atoms with Crippen molar-refractivity contribution in [1.29, 1.82) is 0 Å². The molecule has 0 aromatic carbocycles. The maximum absolute atomic E-state index is 11.6. The fourth-order valence-corrected chi connectivity index (χ4v) is 1.06. The van der Waals surface area contributed by atoms with Gasteiger partial charge in [0.25, 0.3) is 0 Å². The predicted octanol–water partition coefficient (Wildman–Crippen LogP) is 0.113. The first-order chi connectivity index (χ1) is 8.82. The van der Waals surface area contributed by atoms with Crippen LogP contribution in [0.4, 0.5) is 0 Å². The van der Waals surface area contributed by atoms with E-state index in [4.69, 9.17) is 15.2 Å². The lowest BCUT2D eigenvalue weighted by Crippen LogP contribution is -2.47. The van der Waals surface area contributed by atoms with Crippen LogP contribution in [0, 0.1) is 0 Å². The molecule has 1 amide bonds. The molecule has 1 unspecified atom stereocenters. The third-order valence-electron chi connectivity index (χ3n) is 1.78. The predicted molar refractivity (Wildman–Crippen MR) is 72.7 cm³/mol. The van der Waals surface area contributed by atoms with Gasteiger partial charge in [0, 0.05) is 6.54 Å². The summed E-state index contributed by atoms with van der Waals surface area (Å²) in [6.07, 6.45) is 0. The minimum Gasteiger partial charge on any atom is -0.459 e. The summed E-state index contributed by atoms with van der Waals surface area (Å²) < 4.78 is 9.91. The van der Waals surface area contributed by atoms with Gasteiger partial charge in [-0.2, -0.15) is 0 Å². The summed E-state index contributed by atoms with van der Waals surface area (Å²) in [5.74, 6) is -2.62.